The molecule has 2 aliphatic carbocycles. The average Bonchev–Trinajstić information content (AvgIpc) is 3.85. The Labute approximate surface area is 402 Å². The van der Waals surface area contributed by atoms with Gasteiger partial charge in [-0.2, -0.15) is 0 Å². The van der Waals surface area contributed by atoms with Crippen molar-refractivity contribution in [3.05, 3.63) is 263 Å². The minimum Gasteiger partial charge on any atom is -0.310 e. The van der Waals surface area contributed by atoms with E-state index in [0.29, 0.717) is 0 Å². The summed E-state index contributed by atoms with van der Waals surface area (Å²) in [6, 6.07) is 82.8. The number of anilines is 6. The van der Waals surface area contributed by atoms with Crippen LogP contribution in [0.1, 0.15) is 44.5 Å². The molecule has 13 rings (SSSR count). The average molecular weight is 889 g/mol. The predicted molar refractivity (Wildman–Crippen MR) is 289 cm³/mol. The Kier molecular flexibility index (Phi) is 9.22. The van der Waals surface area contributed by atoms with E-state index >= 15 is 0 Å². The third-order valence-corrected chi connectivity index (χ3v) is 15.7. The van der Waals surface area contributed by atoms with Crippen molar-refractivity contribution in [2.45, 2.75) is 33.1 Å². The lowest BCUT2D eigenvalue weighted by molar-refractivity contribution is 0.776. The van der Waals surface area contributed by atoms with Crippen molar-refractivity contribution >= 4 is 65.6 Å². The molecular formula is C65H48N2S. The molecule has 2 aliphatic rings. The van der Waals surface area contributed by atoms with Gasteiger partial charge in [-0.3, -0.25) is 0 Å². The molecule has 0 radical (unpaired) electrons. The van der Waals surface area contributed by atoms with E-state index in [-0.39, 0.29) is 0 Å². The molecule has 0 fully saturated rings. The van der Waals surface area contributed by atoms with Gasteiger partial charge in [0.1, 0.15) is 0 Å². The molecule has 1 spiro atoms. The van der Waals surface area contributed by atoms with Gasteiger partial charge < -0.3 is 9.80 Å². The van der Waals surface area contributed by atoms with E-state index in [2.05, 4.69) is 256 Å². The predicted octanol–water partition coefficient (Wildman–Crippen LogP) is 18.2. The van der Waals surface area contributed by atoms with Crippen LogP contribution in [0.4, 0.5) is 34.1 Å². The van der Waals surface area contributed by atoms with Gasteiger partial charge in [0.05, 0.1) is 5.41 Å². The lowest BCUT2D eigenvalue weighted by Crippen LogP contribution is -2.30. The van der Waals surface area contributed by atoms with Gasteiger partial charge in [-0.05, 0) is 174 Å². The molecule has 68 heavy (non-hydrogen) atoms. The quantitative estimate of drug-likeness (QED) is 0.164. The number of rotatable bonds is 6. The minimum absolute atomic E-state index is 0.732. The van der Waals surface area contributed by atoms with Gasteiger partial charge in [-0.15, -0.1) is 11.3 Å². The number of hydrogen-bond donors (Lipinski definition) is 0. The van der Waals surface area contributed by atoms with Crippen molar-refractivity contribution in [2.24, 2.45) is 0 Å². The van der Waals surface area contributed by atoms with E-state index in [4.69, 9.17) is 0 Å². The maximum absolute atomic E-state index is 2.56. The highest BCUT2D eigenvalue weighted by Gasteiger charge is 2.50. The van der Waals surface area contributed by atoms with Crippen molar-refractivity contribution < 1.29 is 0 Å². The third-order valence-electron chi connectivity index (χ3n) is 14.5. The van der Waals surface area contributed by atoms with Crippen molar-refractivity contribution in [1.29, 1.82) is 0 Å². The summed E-state index contributed by atoms with van der Waals surface area (Å²) in [6.07, 6.45) is 0. The second kappa shape index (κ2) is 15.6. The molecule has 0 saturated carbocycles. The summed E-state index contributed by atoms with van der Waals surface area (Å²) in [5.74, 6) is 0. The van der Waals surface area contributed by atoms with Crippen molar-refractivity contribution in [2.75, 3.05) is 9.80 Å². The molecule has 0 aliphatic heterocycles. The van der Waals surface area contributed by atoms with E-state index in [9.17, 15) is 0 Å². The summed E-state index contributed by atoms with van der Waals surface area (Å²) in [5, 5.41) is 2.62. The molecule has 1 aromatic heterocycles. The van der Waals surface area contributed by atoms with Crippen molar-refractivity contribution in [3.63, 3.8) is 0 Å². The SMILES string of the molecule is Cc1ccc(N(c2ccc(C)cc2)c2ccc3c(c2)C2(c4cc(N(c5ccc(C)cc5)c5ccc(C)cc5)ccc4-c4ccccc4-3)c3ccccc3-c3cc4c(cc32)sc2ccccc24)cc1. The van der Waals surface area contributed by atoms with Gasteiger partial charge in [-0.25, -0.2) is 0 Å². The number of thiophene rings is 1. The molecule has 324 valence electrons. The number of nitrogens with zero attached hydrogens (tertiary/aromatic N) is 2. The van der Waals surface area contributed by atoms with Crippen LogP contribution in [0, 0.1) is 27.7 Å². The molecule has 0 N–H and O–H groups in total. The molecule has 11 aromatic rings. The third kappa shape index (κ3) is 6.16. The molecule has 1 heterocycles. The van der Waals surface area contributed by atoms with E-state index < -0.39 is 5.41 Å². The fourth-order valence-corrected chi connectivity index (χ4v) is 12.4. The number of aryl methyl sites for hydroxylation is 4. The normalized spacial score (nSPS) is 12.8. The maximum atomic E-state index is 2.56. The molecule has 0 saturated heterocycles. The van der Waals surface area contributed by atoms with Crippen LogP contribution in [0.2, 0.25) is 0 Å². The molecule has 0 bridgehead atoms. The summed E-state index contributed by atoms with van der Waals surface area (Å²) in [5.41, 5.74) is 23.6. The zero-order chi connectivity index (χ0) is 45.7. The fourth-order valence-electron chi connectivity index (χ4n) is 11.3. The Morgan fingerprint density at radius 3 is 1.15 bits per heavy atom. The summed E-state index contributed by atoms with van der Waals surface area (Å²) < 4.78 is 2.61. The monoisotopic (exact) mass is 888 g/mol. The van der Waals surface area contributed by atoms with Gasteiger partial charge in [0.15, 0.2) is 0 Å². The zero-order valence-electron chi connectivity index (χ0n) is 38.6. The highest BCUT2D eigenvalue weighted by atomic mass is 32.1. The molecule has 0 atom stereocenters. The van der Waals surface area contributed by atoms with Gasteiger partial charge in [0, 0.05) is 54.3 Å². The van der Waals surface area contributed by atoms with Crippen LogP contribution >= 0.6 is 11.3 Å². The highest BCUT2D eigenvalue weighted by molar-refractivity contribution is 7.25. The number of fused-ring (bicyclic) bond motifs is 15. The largest absolute Gasteiger partial charge is 0.310 e. The lowest BCUT2D eigenvalue weighted by Gasteiger charge is -2.37. The molecule has 2 nitrogen and oxygen atoms in total. The van der Waals surface area contributed by atoms with Crippen LogP contribution in [-0.4, -0.2) is 0 Å². The Bertz CT molecular complexity index is 3510. The van der Waals surface area contributed by atoms with Crippen LogP contribution in [0.5, 0.6) is 0 Å². The standard InChI is InChI=1S/C65H48N2S/c1-41-17-25-45(26-18-41)66(46-27-19-42(2)20-28-46)49-33-35-54-51-11-5-6-12-52(51)55-36-34-50(67(47-29-21-43(3)22-30-47)48-31-23-44(4)24-32-48)38-61(55)65(60(54)37-49)59-15-9-7-13-53(59)57-39-58-56-14-8-10-16-63(56)68-64(58)40-62(57)65/h5-40H,1-4H3. The van der Waals surface area contributed by atoms with E-state index in [1.165, 1.54) is 98.1 Å². The molecule has 10 aromatic carbocycles. The summed E-state index contributed by atoms with van der Waals surface area (Å²) in [4.78, 5) is 4.88. The van der Waals surface area contributed by atoms with E-state index in [1.807, 2.05) is 11.3 Å². The zero-order valence-corrected chi connectivity index (χ0v) is 39.4. The fraction of sp³-hybridized carbons (Fsp3) is 0.0769. The Balaban J connectivity index is 1.18. The van der Waals surface area contributed by atoms with Crippen molar-refractivity contribution in [3.8, 4) is 33.4 Å². The molecule has 3 heteroatoms. The van der Waals surface area contributed by atoms with Crippen LogP contribution in [-0.2, 0) is 5.41 Å². The van der Waals surface area contributed by atoms with Gasteiger partial charge in [-0.1, -0.05) is 150 Å². The van der Waals surface area contributed by atoms with Gasteiger partial charge >= 0.3 is 0 Å². The number of hydrogen-bond acceptors (Lipinski definition) is 3. The summed E-state index contributed by atoms with van der Waals surface area (Å²) in [6.45, 7) is 8.65. The molecule has 0 amide bonds. The Morgan fingerprint density at radius 2 is 0.662 bits per heavy atom. The summed E-state index contributed by atoms with van der Waals surface area (Å²) >= 11 is 1.90. The van der Waals surface area contributed by atoms with Crippen LogP contribution in [0.25, 0.3) is 53.6 Å². The first-order valence-electron chi connectivity index (χ1n) is 23.6. The van der Waals surface area contributed by atoms with Crippen LogP contribution in [0.3, 0.4) is 0 Å². The Hall–Kier alpha value is -7.98. The van der Waals surface area contributed by atoms with Crippen LogP contribution < -0.4 is 9.80 Å². The minimum atomic E-state index is -0.732. The second-order valence-corrected chi connectivity index (χ2v) is 19.9. The van der Waals surface area contributed by atoms with Crippen LogP contribution in [0.15, 0.2) is 218 Å². The first-order chi connectivity index (χ1) is 33.3. The lowest BCUT2D eigenvalue weighted by atomic mass is 9.65. The molecule has 0 unspecified atom stereocenters. The number of benzene rings is 10. The maximum Gasteiger partial charge on any atom is 0.0727 e. The summed E-state index contributed by atoms with van der Waals surface area (Å²) in [7, 11) is 0. The van der Waals surface area contributed by atoms with Crippen molar-refractivity contribution in [1.82, 2.24) is 0 Å². The van der Waals surface area contributed by atoms with Gasteiger partial charge in [0.2, 0.25) is 0 Å². The molecular weight excluding hydrogens is 841 g/mol. The highest BCUT2D eigenvalue weighted by Crippen LogP contribution is 2.63. The topological polar surface area (TPSA) is 6.48 Å². The van der Waals surface area contributed by atoms with E-state index in [0.717, 1.165) is 34.1 Å². The first kappa shape index (κ1) is 40.3. The first-order valence-corrected chi connectivity index (χ1v) is 24.5. The smallest absolute Gasteiger partial charge is 0.0727 e. The van der Waals surface area contributed by atoms with E-state index in [1.54, 1.807) is 0 Å². The second-order valence-electron chi connectivity index (χ2n) is 18.8. The Morgan fingerprint density at radius 1 is 0.279 bits per heavy atom. The van der Waals surface area contributed by atoms with Gasteiger partial charge in [0.25, 0.3) is 0 Å².